The lowest BCUT2D eigenvalue weighted by molar-refractivity contribution is -0.121. The van der Waals surface area contributed by atoms with Gasteiger partial charge in [-0.05, 0) is 31.7 Å². The zero-order valence-corrected chi connectivity index (χ0v) is 12.6. The summed E-state index contributed by atoms with van der Waals surface area (Å²) in [7, 11) is 3.03. The number of halogens is 1. The normalized spacial score (nSPS) is 17.2. The number of hydrogen-bond donors (Lipinski definition) is 2. The number of nitrogens with one attached hydrogen (secondary N) is 1. The van der Waals surface area contributed by atoms with Crippen LogP contribution >= 0.6 is 11.6 Å². The molecule has 110 valence electrons. The summed E-state index contributed by atoms with van der Waals surface area (Å²) in [6.07, 6.45) is 1.97. The minimum absolute atomic E-state index is 0.237. The van der Waals surface area contributed by atoms with Crippen LogP contribution in [0, 0.1) is 5.92 Å². The molecule has 1 fully saturated rings. The quantitative estimate of drug-likeness (QED) is 0.875. The van der Waals surface area contributed by atoms with Crippen LogP contribution in [-0.2, 0) is 4.79 Å². The molecule has 1 aliphatic rings. The number of hydrogen-bond acceptors (Lipinski definition) is 4. The van der Waals surface area contributed by atoms with E-state index in [1.165, 1.54) is 14.2 Å². The van der Waals surface area contributed by atoms with E-state index >= 15 is 0 Å². The monoisotopic (exact) mass is 298 g/mol. The van der Waals surface area contributed by atoms with Crippen molar-refractivity contribution in [1.29, 1.82) is 0 Å². The van der Waals surface area contributed by atoms with Gasteiger partial charge in [0, 0.05) is 6.07 Å². The molecule has 1 saturated carbocycles. The summed E-state index contributed by atoms with van der Waals surface area (Å²) in [6.45, 7) is 1.75. The van der Waals surface area contributed by atoms with Crippen molar-refractivity contribution in [3.63, 3.8) is 0 Å². The van der Waals surface area contributed by atoms with Crippen molar-refractivity contribution in [3.8, 4) is 11.5 Å². The van der Waals surface area contributed by atoms with E-state index in [0.717, 1.165) is 12.8 Å². The first-order valence-electron chi connectivity index (χ1n) is 6.42. The lowest BCUT2D eigenvalue weighted by atomic mass is 9.96. The number of nitrogens with two attached hydrogens (primary N) is 1. The molecule has 5 nitrogen and oxygen atoms in total. The predicted molar refractivity (Wildman–Crippen MR) is 78.5 cm³/mol. The summed E-state index contributed by atoms with van der Waals surface area (Å²) < 4.78 is 10.4. The number of carbonyl (C=O) groups is 1. The fourth-order valence-corrected chi connectivity index (χ4v) is 2.32. The number of methoxy groups -OCH3 is 2. The fraction of sp³-hybridized carbons (Fsp3) is 0.500. The van der Waals surface area contributed by atoms with Crippen molar-refractivity contribution < 1.29 is 14.3 Å². The molecule has 1 aromatic rings. The van der Waals surface area contributed by atoms with E-state index in [2.05, 4.69) is 5.32 Å². The summed E-state index contributed by atoms with van der Waals surface area (Å²) in [6, 6.07) is 3.23. The smallest absolute Gasteiger partial charge is 0.244 e. The number of anilines is 1. The molecule has 20 heavy (non-hydrogen) atoms. The number of carbonyl (C=O) groups excluding carboxylic acids is 1. The number of rotatable bonds is 5. The van der Waals surface area contributed by atoms with Gasteiger partial charge in [0.25, 0.3) is 0 Å². The summed E-state index contributed by atoms with van der Waals surface area (Å²) in [5, 5.41) is 3.18. The highest BCUT2D eigenvalue weighted by atomic mass is 35.5. The van der Waals surface area contributed by atoms with Crippen LogP contribution in [-0.4, -0.2) is 25.7 Å². The zero-order valence-electron chi connectivity index (χ0n) is 11.8. The van der Waals surface area contributed by atoms with Crippen LogP contribution in [0.2, 0.25) is 5.02 Å². The van der Waals surface area contributed by atoms with Gasteiger partial charge in [0.05, 0.1) is 30.5 Å². The molecule has 0 heterocycles. The lowest BCUT2D eigenvalue weighted by Crippen LogP contribution is -2.50. The van der Waals surface area contributed by atoms with Crippen molar-refractivity contribution in [1.82, 2.24) is 0 Å². The lowest BCUT2D eigenvalue weighted by Gasteiger charge is -2.24. The SMILES string of the molecule is COc1cc(OC)c(NC(=O)C(C)(N)C2CC2)cc1Cl. The Kier molecular flexibility index (Phi) is 4.11. The van der Waals surface area contributed by atoms with E-state index in [1.807, 2.05) is 0 Å². The fourth-order valence-electron chi connectivity index (χ4n) is 2.08. The van der Waals surface area contributed by atoms with Crippen LogP contribution in [0.3, 0.4) is 0 Å². The van der Waals surface area contributed by atoms with Gasteiger partial charge in [-0.3, -0.25) is 4.79 Å². The Morgan fingerprint density at radius 3 is 2.45 bits per heavy atom. The Balaban J connectivity index is 2.24. The maximum absolute atomic E-state index is 12.3. The summed E-state index contributed by atoms with van der Waals surface area (Å²) in [4.78, 5) is 12.3. The van der Waals surface area contributed by atoms with E-state index < -0.39 is 5.54 Å². The number of amides is 1. The van der Waals surface area contributed by atoms with E-state index in [0.29, 0.717) is 22.2 Å². The van der Waals surface area contributed by atoms with Crippen LogP contribution in [0.5, 0.6) is 11.5 Å². The molecule has 0 spiro atoms. The minimum atomic E-state index is -0.878. The molecule has 1 aromatic carbocycles. The van der Waals surface area contributed by atoms with Crippen molar-refractivity contribution in [2.45, 2.75) is 25.3 Å². The van der Waals surface area contributed by atoms with E-state index in [4.69, 9.17) is 26.8 Å². The molecule has 1 aliphatic carbocycles. The van der Waals surface area contributed by atoms with Gasteiger partial charge in [-0.2, -0.15) is 0 Å². The molecule has 3 N–H and O–H groups in total. The first kappa shape index (κ1) is 14.9. The second kappa shape index (κ2) is 5.50. The topological polar surface area (TPSA) is 73.6 Å². The third-order valence-electron chi connectivity index (χ3n) is 3.64. The Labute approximate surface area is 123 Å². The third-order valence-corrected chi connectivity index (χ3v) is 3.93. The third kappa shape index (κ3) is 2.83. The molecule has 2 rings (SSSR count). The van der Waals surface area contributed by atoms with Crippen LogP contribution in [0.4, 0.5) is 5.69 Å². The molecular weight excluding hydrogens is 280 g/mol. The molecule has 6 heteroatoms. The van der Waals surface area contributed by atoms with Gasteiger partial charge >= 0.3 is 0 Å². The average molecular weight is 299 g/mol. The Hall–Kier alpha value is -1.46. The predicted octanol–water partition coefficient (Wildman–Crippen LogP) is 2.42. The maximum Gasteiger partial charge on any atom is 0.244 e. The van der Waals surface area contributed by atoms with E-state index in [-0.39, 0.29) is 11.8 Å². The van der Waals surface area contributed by atoms with Crippen molar-refractivity contribution in [3.05, 3.63) is 17.2 Å². The van der Waals surface area contributed by atoms with Gasteiger partial charge in [0.2, 0.25) is 5.91 Å². The summed E-state index contributed by atoms with van der Waals surface area (Å²) in [5.41, 5.74) is 5.70. The molecule has 0 aromatic heterocycles. The molecule has 0 radical (unpaired) electrons. The van der Waals surface area contributed by atoms with Gasteiger partial charge in [-0.15, -0.1) is 0 Å². The highest BCUT2D eigenvalue weighted by Crippen LogP contribution is 2.40. The van der Waals surface area contributed by atoms with E-state index in [1.54, 1.807) is 19.1 Å². The maximum atomic E-state index is 12.3. The largest absolute Gasteiger partial charge is 0.495 e. The first-order chi connectivity index (χ1) is 9.40. The Morgan fingerprint density at radius 1 is 1.35 bits per heavy atom. The Bertz CT molecular complexity index is 527. The average Bonchev–Trinajstić information content (AvgIpc) is 3.23. The van der Waals surface area contributed by atoms with Gasteiger partial charge in [-0.1, -0.05) is 11.6 Å². The second-order valence-electron chi connectivity index (χ2n) is 5.20. The highest BCUT2D eigenvalue weighted by Gasteiger charge is 2.44. The van der Waals surface area contributed by atoms with Gasteiger partial charge < -0.3 is 20.5 Å². The van der Waals surface area contributed by atoms with Crippen LogP contribution in [0.1, 0.15) is 19.8 Å². The van der Waals surface area contributed by atoms with Crippen LogP contribution in [0.15, 0.2) is 12.1 Å². The second-order valence-corrected chi connectivity index (χ2v) is 5.61. The van der Waals surface area contributed by atoms with Crippen molar-refractivity contribution in [2.24, 2.45) is 11.7 Å². The van der Waals surface area contributed by atoms with Crippen molar-refractivity contribution in [2.75, 3.05) is 19.5 Å². The molecule has 0 aliphatic heterocycles. The van der Waals surface area contributed by atoms with Crippen LogP contribution < -0.4 is 20.5 Å². The number of ether oxygens (including phenoxy) is 2. The van der Waals surface area contributed by atoms with Gasteiger partial charge in [-0.25, -0.2) is 0 Å². The molecule has 0 bridgehead atoms. The highest BCUT2D eigenvalue weighted by molar-refractivity contribution is 6.32. The van der Waals surface area contributed by atoms with Crippen LogP contribution in [0.25, 0.3) is 0 Å². The van der Waals surface area contributed by atoms with Gasteiger partial charge in [0.15, 0.2) is 0 Å². The Morgan fingerprint density at radius 2 is 1.95 bits per heavy atom. The van der Waals surface area contributed by atoms with Crippen molar-refractivity contribution >= 4 is 23.2 Å². The summed E-state index contributed by atoms with van der Waals surface area (Å²) >= 11 is 6.07. The molecular formula is C14H19ClN2O3. The van der Waals surface area contributed by atoms with E-state index in [9.17, 15) is 4.79 Å². The zero-order chi connectivity index (χ0) is 14.9. The summed E-state index contributed by atoms with van der Waals surface area (Å²) in [5.74, 6) is 0.965. The number of benzene rings is 1. The molecule has 0 saturated heterocycles. The molecule has 1 amide bonds. The molecule has 1 atom stereocenters. The van der Waals surface area contributed by atoms with Gasteiger partial charge in [0.1, 0.15) is 11.5 Å². The first-order valence-corrected chi connectivity index (χ1v) is 6.79. The standard InChI is InChI=1S/C14H19ClN2O3/c1-14(16,8-4-5-8)13(18)17-10-6-9(15)11(19-2)7-12(10)20-3/h6-8H,4-5,16H2,1-3H3,(H,17,18). The molecule has 1 unspecified atom stereocenters. The minimum Gasteiger partial charge on any atom is -0.495 e.